The van der Waals surface area contributed by atoms with E-state index in [1.807, 2.05) is 13.8 Å². The number of pyridine rings is 1. The Morgan fingerprint density at radius 2 is 2.02 bits per heavy atom. The van der Waals surface area contributed by atoms with Crippen LogP contribution in [0.1, 0.15) is 37.6 Å². The average Bonchev–Trinajstić information content (AvgIpc) is 3.34. The second-order valence-electron chi connectivity index (χ2n) is 10.7. The van der Waals surface area contributed by atoms with Crippen LogP contribution in [0, 0.1) is 5.82 Å². The zero-order valence-electron chi connectivity index (χ0n) is 22.6. The van der Waals surface area contributed by atoms with Gasteiger partial charge in [0.1, 0.15) is 5.82 Å². The molecule has 0 aliphatic carbocycles. The van der Waals surface area contributed by atoms with Gasteiger partial charge in [-0.3, -0.25) is 9.69 Å². The molecule has 0 radical (unpaired) electrons. The molecule has 15 heteroatoms. The van der Waals surface area contributed by atoms with E-state index in [-0.39, 0.29) is 42.2 Å². The highest BCUT2D eigenvalue weighted by Gasteiger charge is 2.42. The van der Waals surface area contributed by atoms with E-state index in [2.05, 4.69) is 15.1 Å². The zero-order chi connectivity index (χ0) is 29.7. The quantitative estimate of drug-likeness (QED) is 0.452. The number of rotatable bonds is 6. The fourth-order valence-electron chi connectivity index (χ4n) is 5.05. The van der Waals surface area contributed by atoms with Gasteiger partial charge in [0.15, 0.2) is 9.84 Å². The second kappa shape index (κ2) is 10.7. The van der Waals surface area contributed by atoms with E-state index < -0.39 is 63.1 Å². The largest absolute Gasteiger partial charge is 0.475 e. The predicted molar refractivity (Wildman–Crippen MR) is 141 cm³/mol. The zero-order valence-corrected chi connectivity index (χ0v) is 23.4. The molecule has 2 atom stereocenters. The van der Waals surface area contributed by atoms with Gasteiger partial charge in [-0.2, -0.15) is 4.98 Å². The maximum absolute atomic E-state index is 15.4. The lowest BCUT2D eigenvalue weighted by Crippen LogP contribution is -2.45. The molecule has 0 bridgehead atoms. The molecule has 2 N–H and O–H groups in total. The summed E-state index contributed by atoms with van der Waals surface area (Å²) in [5.74, 6) is -6.18. The molecular weight excluding hydrogens is 565 g/mol. The summed E-state index contributed by atoms with van der Waals surface area (Å²) in [6, 6.07) is 3.79. The number of likely N-dealkylation sites (N-methyl/N-ethyl adjacent to an activating group) is 1. The number of alkyl halides is 2. The third-order valence-electron chi connectivity index (χ3n) is 6.76. The van der Waals surface area contributed by atoms with Crippen LogP contribution in [0.4, 0.5) is 18.9 Å². The molecule has 1 aromatic carbocycles. The summed E-state index contributed by atoms with van der Waals surface area (Å²) in [5.41, 5.74) is 6.09. The standard InChI is InChI=1S/C26H29F3N6O5S/c1-14(2)39-22-5-4-15(9-31-22)10-35-20-6-17(18(27)7-21(20)41(37,38)12-19(30)25(35)36)23-32-24(40-33-23)16-8-26(28,29)13-34(3)11-16/h4-7,9,14,16,19H,8,10-13,30H2,1-3H3/t16?,19-/m0/s1. The van der Waals surface area contributed by atoms with Crippen molar-refractivity contribution in [3.05, 3.63) is 47.7 Å². The van der Waals surface area contributed by atoms with Crippen molar-refractivity contribution in [2.24, 2.45) is 5.73 Å². The Hall–Kier alpha value is -3.56. The molecule has 2 aromatic heterocycles. The highest BCUT2D eigenvalue weighted by Crippen LogP contribution is 2.38. The number of hydrogen-bond donors (Lipinski definition) is 1. The molecule has 11 nitrogen and oxygen atoms in total. The molecule has 5 rings (SSSR count). The minimum atomic E-state index is -4.17. The molecule has 1 fully saturated rings. The van der Waals surface area contributed by atoms with Crippen LogP contribution in [-0.2, 0) is 21.2 Å². The van der Waals surface area contributed by atoms with E-state index in [0.717, 1.165) is 17.0 Å². The number of carbonyl (C=O) groups excluding carboxylic acids is 1. The Bertz CT molecular complexity index is 1560. The van der Waals surface area contributed by atoms with Crippen LogP contribution in [0.3, 0.4) is 0 Å². The molecule has 1 unspecified atom stereocenters. The summed E-state index contributed by atoms with van der Waals surface area (Å²) in [4.78, 5) is 23.9. The van der Waals surface area contributed by atoms with Crippen LogP contribution >= 0.6 is 0 Å². The molecule has 220 valence electrons. The number of likely N-dealkylation sites (tertiary alicyclic amines) is 1. The Kier molecular flexibility index (Phi) is 7.55. The number of halogens is 3. The monoisotopic (exact) mass is 594 g/mol. The van der Waals surface area contributed by atoms with Gasteiger partial charge < -0.3 is 19.9 Å². The molecule has 1 amide bonds. The van der Waals surface area contributed by atoms with Crippen LogP contribution in [0.15, 0.2) is 39.9 Å². The van der Waals surface area contributed by atoms with E-state index in [9.17, 15) is 22.0 Å². The van der Waals surface area contributed by atoms with Gasteiger partial charge in [-0.25, -0.2) is 26.6 Å². The number of carbonyl (C=O) groups is 1. The van der Waals surface area contributed by atoms with Crippen LogP contribution in [0.25, 0.3) is 11.4 Å². The van der Waals surface area contributed by atoms with E-state index >= 15 is 4.39 Å². The van der Waals surface area contributed by atoms with Crippen molar-refractivity contribution in [3.8, 4) is 17.3 Å². The number of benzene rings is 1. The number of amides is 1. The lowest BCUT2D eigenvalue weighted by atomic mass is 9.95. The molecule has 0 spiro atoms. The number of fused-ring (bicyclic) bond motifs is 1. The minimum Gasteiger partial charge on any atom is -0.475 e. The van der Waals surface area contributed by atoms with Gasteiger partial charge in [-0.05, 0) is 38.6 Å². The minimum absolute atomic E-state index is 0.0991. The Balaban J connectivity index is 1.54. The first kappa shape index (κ1) is 29.0. The van der Waals surface area contributed by atoms with Crippen molar-refractivity contribution in [1.82, 2.24) is 20.0 Å². The van der Waals surface area contributed by atoms with E-state index in [4.69, 9.17) is 15.0 Å². The van der Waals surface area contributed by atoms with Crippen molar-refractivity contribution in [2.75, 3.05) is 30.8 Å². The second-order valence-corrected chi connectivity index (χ2v) is 12.7. The molecular formula is C26H29F3N6O5S. The number of nitrogens with zero attached hydrogens (tertiary/aromatic N) is 5. The van der Waals surface area contributed by atoms with E-state index in [1.165, 1.54) is 11.1 Å². The molecule has 2 aliphatic rings. The van der Waals surface area contributed by atoms with Crippen LogP contribution in [0.5, 0.6) is 5.88 Å². The molecule has 1 saturated heterocycles. The normalized spacial score (nSPS) is 22.4. The Morgan fingerprint density at radius 1 is 1.27 bits per heavy atom. The maximum Gasteiger partial charge on any atom is 0.261 e. The fourth-order valence-corrected chi connectivity index (χ4v) is 6.62. The van der Waals surface area contributed by atoms with Crippen molar-refractivity contribution in [3.63, 3.8) is 0 Å². The van der Waals surface area contributed by atoms with Gasteiger partial charge in [0.2, 0.25) is 23.5 Å². The SMILES string of the molecule is CC(C)Oc1ccc(CN2C(=O)[C@@H](N)CS(=O)(=O)c3cc(F)c(-c4noc(C5CN(C)CC(F)(F)C5)n4)cc32)cn1. The fraction of sp³-hybridized carbons (Fsp3) is 0.462. The van der Waals surface area contributed by atoms with Gasteiger partial charge >= 0.3 is 0 Å². The molecule has 2 aliphatic heterocycles. The highest BCUT2D eigenvalue weighted by molar-refractivity contribution is 7.91. The van der Waals surface area contributed by atoms with Gasteiger partial charge in [-0.15, -0.1) is 0 Å². The molecule has 3 aromatic rings. The third-order valence-corrected chi connectivity index (χ3v) is 8.56. The Morgan fingerprint density at radius 3 is 2.68 bits per heavy atom. The first-order valence-electron chi connectivity index (χ1n) is 12.9. The Labute approximate surface area is 234 Å². The predicted octanol–water partition coefficient (Wildman–Crippen LogP) is 2.76. The number of ether oxygens (including phenoxy) is 1. The summed E-state index contributed by atoms with van der Waals surface area (Å²) >= 11 is 0. The topological polar surface area (TPSA) is 145 Å². The summed E-state index contributed by atoms with van der Waals surface area (Å²) in [6.45, 7) is 3.38. The maximum atomic E-state index is 15.4. The number of piperidine rings is 1. The first-order chi connectivity index (χ1) is 19.2. The molecule has 0 saturated carbocycles. The van der Waals surface area contributed by atoms with Crippen LogP contribution in [-0.4, -0.2) is 78.3 Å². The van der Waals surface area contributed by atoms with E-state index in [1.54, 1.807) is 19.2 Å². The highest BCUT2D eigenvalue weighted by atomic mass is 32.2. The summed E-state index contributed by atoms with van der Waals surface area (Å²) in [5, 5.41) is 3.79. The van der Waals surface area contributed by atoms with Crippen LogP contribution < -0.4 is 15.4 Å². The smallest absolute Gasteiger partial charge is 0.261 e. The number of hydrogen-bond acceptors (Lipinski definition) is 10. The van der Waals surface area contributed by atoms with Gasteiger partial charge in [0.05, 0.1) is 53.1 Å². The lowest BCUT2D eigenvalue weighted by Gasteiger charge is -2.33. The summed E-state index contributed by atoms with van der Waals surface area (Å²) in [6.07, 6.45) is 0.853. The third kappa shape index (κ3) is 6.06. The number of aromatic nitrogens is 3. The number of anilines is 1. The lowest BCUT2D eigenvalue weighted by molar-refractivity contribution is -0.119. The van der Waals surface area contributed by atoms with Gasteiger partial charge in [0.25, 0.3) is 5.92 Å². The summed E-state index contributed by atoms with van der Waals surface area (Å²) < 4.78 is 80.7. The first-order valence-corrected chi connectivity index (χ1v) is 14.5. The van der Waals surface area contributed by atoms with Crippen molar-refractivity contribution in [2.45, 2.75) is 55.7 Å². The summed E-state index contributed by atoms with van der Waals surface area (Å²) in [7, 11) is -2.63. The average molecular weight is 595 g/mol. The number of nitrogens with two attached hydrogens (primary N) is 1. The van der Waals surface area contributed by atoms with Crippen molar-refractivity contribution >= 4 is 21.4 Å². The van der Waals surface area contributed by atoms with Crippen molar-refractivity contribution in [1.29, 1.82) is 0 Å². The van der Waals surface area contributed by atoms with Crippen LogP contribution in [0.2, 0.25) is 0 Å². The number of sulfone groups is 1. The van der Waals surface area contributed by atoms with Crippen molar-refractivity contribution < 1.29 is 35.6 Å². The molecule has 4 heterocycles. The van der Waals surface area contributed by atoms with Gasteiger partial charge in [-0.1, -0.05) is 11.2 Å². The molecule has 41 heavy (non-hydrogen) atoms. The van der Waals surface area contributed by atoms with Gasteiger partial charge in [0, 0.05) is 25.2 Å². The van der Waals surface area contributed by atoms with E-state index in [0.29, 0.717) is 11.4 Å².